The van der Waals surface area contributed by atoms with Crippen LogP contribution in [0.3, 0.4) is 0 Å². The number of thioether (sulfide) groups is 1. The number of carbonyl (C=O) groups excluding carboxylic acids is 5. The Hall–Kier alpha value is -6.47. The largest absolute Gasteiger partial charge is 0.382 e. The van der Waals surface area contributed by atoms with Crippen molar-refractivity contribution in [3.8, 4) is 11.1 Å². The average Bonchev–Trinajstić information content (AvgIpc) is 4.51. The Labute approximate surface area is 467 Å². The van der Waals surface area contributed by atoms with E-state index >= 15 is 0 Å². The number of likely N-dealkylation sites (N-methyl/N-ethyl adjacent to an activating group) is 1. The van der Waals surface area contributed by atoms with Crippen LogP contribution in [-0.4, -0.2) is 134 Å². The van der Waals surface area contributed by atoms with Crippen molar-refractivity contribution in [3.05, 3.63) is 102 Å². The van der Waals surface area contributed by atoms with Crippen LogP contribution in [0.5, 0.6) is 0 Å². The fourth-order valence-electron chi connectivity index (χ4n) is 12.0. The molecule has 79 heavy (non-hydrogen) atoms. The van der Waals surface area contributed by atoms with Crippen LogP contribution in [0.25, 0.3) is 16.7 Å². The summed E-state index contributed by atoms with van der Waals surface area (Å²) in [5.41, 5.74) is 12.3. The van der Waals surface area contributed by atoms with Gasteiger partial charge in [0, 0.05) is 93.9 Å². The highest BCUT2D eigenvalue weighted by atomic mass is 32.2. The molecule has 3 fully saturated rings. The van der Waals surface area contributed by atoms with Crippen molar-refractivity contribution in [1.82, 2.24) is 40.1 Å². The molecule has 2 aromatic heterocycles. The minimum atomic E-state index is -0.721. The van der Waals surface area contributed by atoms with Gasteiger partial charge in [0.1, 0.15) is 29.3 Å². The number of pyridine rings is 1. The summed E-state index contributed by atoms with van der Waals surface area (Å²) < 4.78 is 30.2. The number of likely N-dealkylation sites (tertiary alicyclic amines) is 2. The highest BCUT2D eigenvalue weighted by Gasteiger charge is 2.43. The molecule has 422 valence electrons. The summed E-state index contributed by atoms with van der Waals surface area (Å²) in [6, 6.07) is 10.9. The van der Waals surface area contributed by atoms with Crippen LogP contribution >= 0.6 is 11.8 Å². The number of ketones is 1. The molecule has 4 aromatic rings. The molecule has 9 rings (SSSR count). The van der Waals surface area contributed by atoms with Crippen LogP contribution in [0.2, 0.25) is 0 Å². The first-order valence-electron chi connectivity index (χ1n) is 28.5. The van der Waals surface area contributed by atoms with Gasteiger partial charge in [-0.1, -0.05) is 44.4 Å². The van der Waals surface area contributed by atoms with Crippen molar-refractivity contribution in [2.75, 3.05) is 56.7 Å². The minimum Gasteiger partial charge on any atom is -0.382 e. The number of nitrogens with two attached hydrogens (primary N) is 1. The van der Waals surface area contributed by atoms with Crippen LogP contribution in [-0.2, 0) is 32.3 Å². The van der Waals surface area contributed by atoms with Crippen LogP contribution in [0.1, 0.15) is 143 Å². The Bertz CT molecular complexity index is 2910. The van der Waals surface area contributed by atoms with Gasteiger partial charge in [0.2, 0.25) is 17.7 Å². The van der Waals surface area contributed by atoms with E-state index in [1.807, 2.05) is 26.7 Å². The van der Waals surface area contributed by atoms with Gasteiger partial charge in [-0.05, 0) is 131 Å². The molecule has 4 amide bonds. The molecular formula is C60H77F2N11O5S. The molecule has 0 saturated carbocycles. The number of nitrogens with zero attached hydrogens (tertiary/aromatic N) is 8. The lowest BCUT2D eigenvalue weighted by molar-refractivity contribution is -0.139. The second-order valence-electron chi connectivity index (χ2n) is 22.1. The molecule has 4 N–H and O–H groups in total. The second kappa shape index (κ2) is 26.2. The number of fused-ring (bicyclic) bond motifs is 8. The Kier molecular flexibility index (Phi) is 19.0. The van der Waals surface area contributed by atoms with Gasteiger partial charge in [-0.25, -0.2) is 13.8 Å². The standard InChI is InChI=1S/C60H77F2N11O5S/c1-38(40-19-21-43(61)22-20-40)50-37-79-58(66-50)52-17-13-29-73(52)60(78)55(67-57(76)39(2)64-3)41-25-30-70(31-26-41)54(75)18-10-8-6-5-7-9-14-45(74)15-11-27-71-35-48-42-32-53(56(63)65-34-42)72-28-12-16-51(72)47-33-44(62)23-24-46(47)59(77)69(4)36-49(48)68-71/h19-24,32-35,39,41,50-52,55,64H,1,5-18,25-31,36-37H2,2-4H3,(H2,63,65)(H,67,76)/t39-,50?,51-,52-,55-/m1/s1. The molecule has 5 aliphatic heterocycles. The van der Waals surface area contributed by atoms with Gasteiger partial charge >= 0.3 is 0 Å². The number of nitrogens with one attached hydrogen (secondary N) is 2. The minimum absolute atomic E-state index is 0.102. The van der Waals surface area contributed by atoms with E-state index in [-0.39, 0.29) is 65.8 Å². The lowest BCUT2D eigenvalue weighted by atomic mass is 9.87. The molecule has 5 aliphatic rings. The van der Waals surface area contributed by atoms with Gasteiger partial charge in [-0.2, -0.15) is 5.10 Å². The van der Waals surface area contributed by atoms with E-state index < -0.39 is 17.9 Å². The van der Waals surface area contributed by atoms with Gasteiger partial charge in [-0.3, -0.25) is 33.6 Å². The van der Waals surface area contributed by atoms with E-state index in [2.05, 4.69) is 27.1 Å². The van der Waals surface area contributed by atoms with Crippen LogP contribution in [0.15, 0.2) is 72.5 Å². The number of Topliss-reactive ketones (excluding diaryl/α,β-unsaturated/α-hetero) is 1. The number of hydrogen-bond acceptors (Lipinski definition) is 12. The molecule has 5 atom stereocenters. The first-order valence-corrected chi connectivity index (χ1v) is 29.5. The Balaban J connectivity index is 0.691. The molecule has 2 aromatic carbocycles. The number of aryl methyl sites for hydroxylation is 1. The third kappa shape index (κ3) is 13.6. The lowest BCUT2D eigenvalue weighted by Gasteiger charge is -2.38. The van der Waals surface area contributed by atoms with E-state index in [0.717, 1.165) is 97.2 Å². The zero-order valence-corrected chi connectivity index (χ0v) is 46.9. The molecule has 0 radical (unpaired) electrons. The molecule has 1 unspecified atom stereocenters. The van der Waals surface area contributed by atoms with Crippen molar-refractivity contribution < 1.29 is 32.8 Å². The number of hydrogen-bond donors (Lipinski definition) is 3. The number of nitrogen functional groups attached to an aromatic ring is 1. The summed E-state index contributed by atoms with van der Waals surface area (Å²) in [4.78, 5) is 85.4. The maximum Gasteiger partial charge on any atom is 0.254 e. The number of anilines is 2. The SMILES string of the molecule is C=C(c1ccc(F)cc1)C1CSC([C@H]2CCCN2C(=O)[C@H](NC(=O)[C@@H](C)NC)C2CCN(C(=O)CCCCCCCCC(=O)CCCn3cc4c(n3)CN(C)C(=O)c3ccc(F)cc3[C@H]3CCCN3c3cc-4cnc3N)CC2)=N1. The highest BCUT2D eigenvalue weighted by molar-refractivity contribution is 8.14. The summed E-state index contributed by atoms with van der Waals surface area (Å²) in [6.07, 6.45) is 15.7. The zero-order valence-electron chi connectivity index (χ0n) is 46.1. The molecule has 7 heterocycles. The van der Waals surface area contributed by atoms with Crippen LogP contribution < -0.4 is 21.3 Å². The van der Waals surface area contributed by atoms with Crippen LogP contribution in [0, 0.1) is 17.6 Å². The number of halogens is 2. The highest BCUT2D eigenvalue weighted by Crippen LogP contribution is 2.42. The fourth-order valence-corrected chi connectivity index (χ4v) is 13.3. The number of unbranched alkanes of at least 4 members (excludes halogenated alkanes) is 5. The first-order chi connectivity index (χ1) is 38.2. The van der Waals surface area contributed by atoms with E-state index in [1.165, 1.54) is 24.3 Å². The topological polar surface area (TPSA) is 191 Å². The first kappa shape index (κ1) is 57.2. The van der Waals surface area contributed by atoms with E-state index in [1.54, 1.807) is 62.1 Å². The number of rotatable bonds is 21. The summed E-state index contributed by atoms with van der Waals surface area (Å²) in [6.45, 7) is 9.14. The lowest BCUT2D eigenvalue weighted by Crippen LogP contribution is -2.58. The van der Waals surface area contributed by atoms with E-state index in [4.69, 9.17) is 15.8 Å². The maximum atomic E-state index is 14.7. The summed E-state index contributed by atoms with van der Waals surface area (Å²) >= 11 is 1.64. The third-order valence-corrected chi connectivity index (χ3v) is 17.9. The van der Waals surface area contributed by atoms with Crippen molar-refractivity contribution in [3.63, 3.8) is 0 Å². The molecule has 16 nitrogen and oxygen atoms in total. The second-order valence-corrected chi connectivity index (χ2v) is 23.2. The number of piperidine rings is 1. The van der Waals surface area contributed by atoms with Gasteiger partial charge in [0.15, 0.2) is 0 Å². The van der Waals surface area contributed by atoms with Crippen molar-refractivity contribution in [2.45, 2.75) is 153 Å². The summed E-state index contributed by atoms with van der Waals surface area (Å²) in [5.74, 6) is 0.0384. The number of aliphatic imine (C=N–C) groups is 1. The predicted octanol–water partition coefficient (Wildman–Crippen LogP) is 8.75. The molecule has 3 saturated heterocycles. The van der Waals surface area contributed by atoms with Crippen molar-refractivity contribution in [1.29, 1.82) is 0 Å². The monoisotopic (exact) mass is 1100 g/mol. The summed E-state index contributed by atoms with van der Waals surface area (Å²) in [7, 11) is 3.45. The quantitative estimate of drug-likeness (QED) is 0.0676. The normalized spacial score (nSPS) is 20.2. The number of aromatic nitrogens is 3. The van der Waals surface area contributed by atoms with Crippen molar-refractivity contribution in [2.24, 2.45) is 10.9 Å². The fraction of sp³-hybridized carbons (Fsp3) is 0.533. The number of amides is 4. The molecule has 19 heteroatoms. The van der Waals surface area contributed by atoms with E-state index in [0.29, 0.717) is 99.6 Å². The molecule has 0 aliphatic carbocycles. The third-order valence-electron chi connectivity index (χ3n) is 16.7. The Morgan fingerprint density at radius 2 is 1.54 bits per heavy atom. The average molecular weight is 1100 g/mol. The van der Waals surface area contributed by atoms with Gasteiger partial charge < -0.3 is 36.0 Å². The Morgan fingerprint density at radius 3 is 2.30 bits per heavy atom. The van der Waals surface area contributed by atoms with E-state index in [9.17, 15) is 32.8 Å². The van der Waals surface area contributed by atoms with Gasteiger partial charge in [0.25, 0.3) is 5.91 Å². The maximum absolute atomic E-state index is 14.7. The number of benzene rings is 2. The smallest absolute Gasteiger partial charge is 0.254 e. The summed E-state index contributed by atoms with van der Waals surface area (Å²) in [5, 5.41) is 11.9. The predicted molar refractivity (Wildman–Crippen MR) is 306 cm³/mol. The molecular weight excluding hydrogens is 1020 g/mol. The molecule has 2 bridgehead atoms. The zero-order chi connectivity index (χ0) is 55.7. The van der Waals surface area contributed by atoms with Gasteiger partial charge in [0.05, 0.1) is 47.1 Å². The van der Waals surface area contributed by atoms with Gasteiger partial charge in [-0.15, -0.1) is 11.8 Å². The van der Waals surface area contributed by atoms with Crippen molar-refractivity contribution >= 4 is 63.3 Å². The Morgan fingerprint density at radius 1 is 0.848 bits per heavy atom. The number of carbonyl (C=O) groups is 5. The van der Waals surface area contributed by atoms with Crippen LogP contribution in [0.4, 0.5) is 20.3 Å². The molecule has 0 spiro atoms.